The zero-order valence-electron chi connectivity index (χ0n) is 9.95. The van der Waals surface area contributed by atoms with E-state index in [9.17, 15) is 4.79 Å². The second kappa shape index (κ2) is 4.97. The van der Waals surface area contributed by atoms with Crippen LogP contribution in [0, 0.1) is 11.3 Å². The molecule has 2 atom stereocenters. The predicted molar refractivity (Wildman–Crippen MR) is 58.8 cm³/mol. The normalized spacial score (nSPS) is 27.3. The first-order valence-corrected chi connectivity index (χ1v) is 5.74. The van der Waals surface area contributed by atoms with Crippen LogP contribution >= 0.6 is 0 Å². The van der Waals surface area contributed by atoms with Crippen molar-refractivity contribution in [1.82, 2.24) is 0 Å². The Balaban J connectivity index is 2.38. The summed E-state index contributed by atoms with van der Waals surface area (Å²) in [7, 11) is 0. The molecule has 0 radical (unpaired) electrons. The van der Waals surface area contributed by atoms with E-state index in [-0.39, 0.29) is 12.7 Å². The molecule has 3 heteroatoms. The second-order valence-corrected chi connectivity index (χ2v) is 5.43. The molecule has 0 heterocycles. The van der Waals surface area contributed by atoms with Crippen LogP contribution in [-0.2, 0) is 9.53 Å². The van der Waals surface area contributed by atoms with Gasteiger partial charge < -0.3 is 9.84 Å². The molecule has 1 rings (SSSR count). The maximum Gasteiger partial charge on any atom is 0.329 e. The smallest absolute Gasteiger partial charge is 0.329 e. The highest BCUT2D eigenvalue weighted by Crippen LogP contribution is 2.40. The minimum atomic E-state index is -0.878. The van der Waals surface area contributed by atoms with Crippen molar-refractivity contribution in [3.8, 4) is 0 Å². The van der Waals surface area contributed by atoms with Crippen molar-refractivity contribution in [1.29, 1.82) is 0 Å². The lowest BCUT2D eigenvalue weighted by Gasteiger charge is -2.37. The first kappa shape index (κ1) is 12.5. The van der Waals surface area contributed by atoms with Crippen LogP contribution in [0.5, 0.6) is 0 Å². The number of ether oxygens (including phenoxy) is 1. The Morgan fingerprint density at radius 3 is 2.80 bits per heavy atom. The van der Waals surface area contributed by atoms with Crippen LogP contribution in [0.2, 0.25) is 0 Å². The van der Waals surface area contributed by atoms with Gasteiger partial charge in [0, 0.05) is 0 Å². The summed E-state index contributed by atoms with van der Waals surface area (Å²) in [5.74, 6) is -0.356. The van der Waals surface area contributed by atoms with Crippen molar-refractivity contribution >= 4 is 5.97 Å². The van der Waals surface area contributed by atoms with Crippen LogP contribution in [0.15, 0.2) is 0 Å². The highest BCUT2D eigenvalue weighted by molar-refractivity contribution is 5.68. The molecule has 0 aromatic heterocycles. The van der Waals surface area contributed by atoms with E-state index in [0.29, 0.717) is 11.3 Å². The lowest BCUT2D eigenvalue weighted by Crippen LogP contribution is -2.31. The highest BCUT2D eigenvalue weighted by Gasteiger charge is 2.31. The summed E-state index contributed by atoms with van der Waals surface area (Å²) < 4.78 is 5.34. The van der Waals surface area contributed by atoms with Gasteiger partial charge >= 0.3 is 5.97 Å². The Bertz CT molecular complexity index is 223. The lowest BCUT2D eigenvalue weighted by molar-refractivity contribution is -0.145. The number of hydrogen-bond donors (Lipinski definition) is 1. The van der Waals surface area contributed by atoms with Crippen molar-refractivity contribution in [2.45, 2.75) is 52.6 Å². The molecule has 3 nitrogen and oxygen atoms in total. The molecule has 0 saturated heterocycles. The Morgan fingerprint density at radius 1 is 1.60 bits per heavy atom. The molecule has 0 spiro atoms. The average molecular weight is 214 g/mol. The first-order valence-electron chi connectivity index (χ1n) is 5.74. The summed E-state index contributed by atoms with van der Waals surface area (Å²) in [5, 5.41) is 8.54. The van der Waals surface area contributed by atoms with E-state index in [1.54, 1.807) is 0 Å². The zero-order valence-corrected chi connectivity index (χ0v) is 9.95. The molecular weight excluding hydrogens is 192 g/mol. The fourth-order valence-electron chi connectivity index (χ4n) is 2.50. The summed E-state index contributed by atoms with van der Waals surface area (Å²) in [6.07, 6.45) is 4.90. The number of hydrogen-bond acceptors (Lipinski definition) is 2. The van der Waals surface area contributed by atoms with Crippen LogP contribution in [0.4, 0.5) is 0 Å². The van der Waals surface area contributed by atoms with Crippen LogP contribution in [0.1, 0.15) is 46.5 Å². The van der Waals surface area contributed by atoms with E-state index in [1.807, 2.05) is 6.92 Å². The van der Waals surface area contributed by atoms with Crippen molar-refractivity contribution in [3.63, 3.8) is 0 Å². The van der Waals surface area contributed by atoms with E-state index < -0.39 is 5.97 Å². The number of aliphatic carboxylic acids is 1. The predicted octanol–water partition coefficient (Wildman–Crippen LogP) is 2.69. The van der Waals surface area contributed by atoms with Crippen LogP contribution < -0.4 is 0 Å². The minimum absolute atomic E-state index is 0.0701. The van der Waals surface area contributed by atoms with Gasteiger partial charge in [0.15, 0.2) is 0 Å². The minimum Gasteiger partial charge on any atom is -0.480 e. The molecule has 0 unspecified atom stereocenters. The van der Waals surface area contributed by atoms with Gasteiger partial charge in [0.2, 0.25) is 0 Å². The van der Waals surface area contributed by atoms with Crippen LogP contribution in [0.25, 0.3) is 0 Å². The Morgan fingerprint density at radius 2 is 2.27 bits per heavy atom. The Kier molecular flexibility index (Phi) is 4.14. The Labute approximate surface area is 91.8 Å². The van der Waals surface area contributed by atoms with Crippen LogP contribution in [-0.4, -0.2) is 23.8 Å². The molecule has 88 valence electrons. The largest absolute Gasteiger partial charge is 0.480 e. The zero-order chi connectivity index (χ0) is 11.5. The van der Waals surface area contributed by atoms with Gasteiger partial charge in [-0.2, -0.15) is 0 Å². The standard InChI is InChI=1S/C12H22O3/c1-9(15-8-11(13)14)10-5-4-6-12(2,3)7-10/h9-10H,4-8H2,1-3H3,(H,13,14)/t9-,10-/m1/s1. The van der Waals surface area contributed by atoms with E-state index in [2.05, 4.69) is 13.8 Å². The van der Waals surface area contributed by atoms with Crippen molar-refractivity contribution in [2.75, 3.05) is 6.61 Å². The molecule has 1 aliphatic carbocycles. The molecule has 0 amide bonds. The Hall–Kier alpha value is -0.570. The van der Waals surface area contributed by atoms with E-state index in [1.165, 1.54) is 19.3 Å². The number of rotatable bonds is 4. The van der Waals surface area contributed by atoms with Gasteiger partial charge in [0.05, 0.1) is 6.10 Å². The molecular formula is C12H22O3. The van der Waals surface area contributed by atoms with Crippen molar-refractivity contribution < 1.29 is 14.6 Å². The second-order valence-electron chi connectivity index (χ2n) is 5.43. The summed E-state index contributed by atoms with van der Waals surface area (Å²) in [4.78, 5) is 10.4. The van der Waals surface area contributed by atoms with Crippen molar-refractivity contribution in [3.05, 3.63) is 0 Å². The monoisotopic (exact) mass is 214 g/mol. The third-order valence-electron chi connectivity index (χ3n) is 3.38. The summed E-state index contributed by atoms with van der Waals surface area (Å²) >= 11 is 0. The van der Waals surface area contributed by atoms with Gasteiger partial charge in [-0.05, 0) is 37.5 Å². The molecule has 0 aromatic carbocycles. The van der Waals surface area contributed by atoms with Gasteiger partial charge in [-0.25, -0.2) is 4.79 Å². The van der Waals surface area contributed by atoms with Gasteiger partial charge in [-0.15, -0.1) is 0 Å². The maximum absolute atomic E-state index is 10.4. The molecule has 1 fully saturated rings. The molecule has 1 N–H and O–H groups in total. The SMILES string of the molecule is C[C@@H](OCC(=O)O)[C@@H]1CCCC(C)(C)C1. The summed E-state index contributed by atoms with van der Waals surface area (Å²) in [5.41, 5.74) is 0.393. The fourth-order valence-corrected chi connectivity index (χ4v) is 2.50. The molecule has 1 saturated carbocycles. The van der Waals surface area contributed by atoms with Gasteiger partial charge in [0.25, 0.3) is 0 Å². The van der Waals surface area contributed by atoms with Crippen LogP contribution in [0.3, 0.4) is 0 Å². The van der Waals surface area contributed by atoms with Gasteiger partial charge in [0.1, 0.15) is 6.61 Å². The number of carboxylic acids is 1. The molecule has 0 aliphatic heterocycles. The van der Waals surface area contributed by atoms with E-state index >= 15 is 0 Å². The van der Waals surface area contributed by atoms with E-state index in [4.69, 9.17) is 9.84 Å². The topological polar surface area (TPSA) is 46.5 Å². The summed E-state index contributed by atoms with van der Waals surface area (Å²) in [6.45, 7) is 6.39. The number of carbonyl (C=O) groups is 1. The molecule has 0 aromatic rings. The fraction of sp³-hybridized carbons (Fsp3) is 0.917. The average Bonchev–Trinajstić information content (AvgIpc) is 2.12. The van der Waals surface area contributed by atoms with Gasteiger partial charge in [-0.3, -0.25) is 0 Å². The highest BCUT2D eigenvalue weighted by atomic mass is 16.5. The van der Waals surface area contributed by atoms with Crippen molar-refractivity contribution in [2.24, 2.45) is 11.3 Å². The third kappa shape index (κ3) is 4.20. The lowest BCUT2D eigenvalue weighted by atomic mass is 9.71. The first-order chi connectivity index (χ1) is 6.91. The molecule has 0 bridgehead atoms. The molecule has 15 heavy (non-hydrogen) atoms. The summed E-state index contributed by atoms with van der Waals surface area (Å²) in [6, 6.07) is 0. The quantitative estimate of drug-likeness (QED) is 0.782. The van der Waals surface area contributed by atoms with Gasteiger partial charge in [-0.1, -0.05) is 20.3 Å². The third-order valence-corrected chi connectivity index (χ3v) is 3.38. The number of carboxylic acid groups (broad SMARTS) is 1. The molecule has 1 aliphatic rings. The van der Waals surface area contributed by atoms with E-state index in [0.717, 1.165) is 6.42 Å². The maximum atomic E-state index is 10.4.